The summed E-state index contributed by atoms with van der Waals surface area (Å²) < 4.78 is 2.06. The maximum absolute atomic E-state index is 11.4. The summed E-state index contributed by atoms with van der Waals surface area (Å²) in [6, 6.07) is 0.0790. The van der Waals surface area contributed by atoms with Gasteiger partial charge in [0.15, 0.2) is 0 Å². The molecule has 1 heterocycles. The van der Waals surface area contributed by atoms with Gasteiger partial charge in [-0.05, 0) is 32.1 Å². The monoisotopic (exact) mass is 250 g/mol. The zero-order chi connectivity index (χ0) is 13.1. The molecule has 0 bridgehead atoms. The van der Waals surface area contributed by atoms with Crippen molar-refractivity contribution in [3.8, 4) is 0 Å². The fourth-order valence-corrected chi connectivity index (χ4v) is 3.24. The number of hydrogen-bond donors (Lipinski definition) is 1. The normalized spacial score (nSPS) is 28.2. The Kier molecular flexibility index (Phi) is 4.04. The number of nitrogens with zero attached hydrogens (tertiary/aromatic N) is 2. The van der Waals surface area contributed by atoms with Gasteiger partial charge in [-0.2, -0.15) is 0 Å². The van der Waals surface area contributed by atoms with Crippen LogP contribution in [0.15, 0.2) is 12.4 Å². The molecule has 1 aromatic heterocycles. The number of rotatable bonds is 4. The molecule has 100 valence electrons. The van der Waals surface area contributed by atoms with E-state index >= 15 is 0 Å². The third-order valence-electron chi connectivity index (χ3n) is 4.16. The number of carboxylic acid groups (broad SMARTS) is 1. The van der Waals surface area contributed by atoms with Crippen LogP contribution >= 0.6 is 0 Å². The van der Waals surface area contributed by atoms with Crippen LogP contribution in [0.2, 0.25) is 0 Å². The molecule has 1 aromatic rings. The number of carbonyl (C=O) groups is 1. The van der Waals surface area contributed by atoms with Crippen molar-refractivity contribution in [2.75, 3.05) is 0 Å². The highest BCUT2D eigenvalue weighted by Gasteiger charge is 2.36. The molecule has 0 aromatic carbocycles. The van der Waals surface area contributed by atoms with Gasteiger partial charge in [-0.15, -0.1) is 0 Å². The van der Waals surface area contributed by atoms with Gasteiger partial charge < -0.3 is 9.67 Å². The molecule has 0 amide bonds. The van der Waals surface area contributed by atoms with Crippen molar-refractivity contribution in [1.82, 2.24) is 9.55 Å². The van der Waals surface area contributed by atoms with Gasteiger partial charge in [-0.1, -0.05) is 19.8 Å². The minimum Gasteiger partial charge on any atom is -0.481 e. The number of carboxylic acids is 1. The number of aryl methyl sites for hydroxylation is 1. The minimum atomic E-state index is -0.664. The molecule has 1 N–H and O–H groups in total. The van der Waals surface area contributed by atoms with E-state index in [0.29, 0.717) is 5.92 Å². The first kappa shape index (κ1) is 13.1. The average molecular weight is 250 g/mol. The Labute approximate surface area is 108 Å². The number of aliphatic carboxylic acids is 1. The molecule has 3 unspecified atom stereocenters. The molecule has 2 rings (SSSR count). The molecule has 1 aliphatic carbocycles. The zero-order valence-electron chi connectivity index (χ0n) is 11.2. The van der Waals surface area contributed by atoms with Crippen LogP contribution in [-0.2, 0) is 4.79 Å². The molecule has 0 radical (unpaired) electrons. The van der Waals surface area contributed by atoms with Gasteiger partial charge >= 0.3 is 5.97 Å². The lowest BCUT2D eigenvalue weighted by Crippen LogP contribution is -2.33. The van der Waals surface area contributed by atoms with Crippen LogP contribution in [0.5, 0.6) is 0 Å². The fraction of sp³-hybridized carbons (Fsp3) is 0.714. The molecule has 4 nitrogen and oxygen atoms in total. The highest BCUT2D eigenvalue weighted by molar-refractivity contribution is 5.70. The summed E-state index contributed by atoms with van der Waals surface area (Å²) in [6.07, 6.45) is 8.88. The van der Waals surface area contributed by atoms with Crippen molar-refractivity contribution in [2.45, 2.75) is 52.0 Å². The van der Waals surface area contributed by atoms with E-state index in [9.17, 15) is 9.90 Å². The summed E-state index contributed by atoms with van der Waals surface area (Å²) in [5.74, 6) is 0.662. The van der Waals surface area contributed by atoms with Gasteiger partial charge in [-0.3, -0.25) is 4.79 Å². The fourth-order valence-electron chi connectivity index (χ4n) is 3.24. The van der Waals surface area contributed by atoms with Crippen molar-refractivity contribution in [2.24, 2.45) is 11.8 Å². The highest BCUT2D eigenvalue weighted by atomic mass is 16.4. The molecular formula is C14H22N2O2. The maximum Gasteiger partial charge on any atom is 0.308 e. The van der Waals surface area contributed by atoms with Crippen molar-refractivity contribution >= 4 is 5.97 Å². The lowest BCUT2D eigenvalue weighted by atomic mass is 9.76. The zero-order valence-corrected chi connectivity index (χ0v) is 11.2. The Morgan fingerprint density at radius 3 is 2.89 bits per heavy atom. The Morgan fingerprint density at radius 2 is 2.33 bits per heavy atom. The molecule has 18 heavy (non-hydrogen) atoms. The average Bonchev–Trinajstić information content (AvgIpc) is 2.75. The van der Waals surface area contributed by atoms with E-state index < -0.39 is 5.97 Å². The van der Waals surface area contributed by atoms with Crippen molar-refractivity contribution < 1.29 is 9.90 Å². The van der Waals surface area contributed by atoms with Crippen LogP contribution in [0.3, 0.4) is 0 Å². The Balaban J connectivity index is 2.20. The largest absolute Gasteiger partial charge is 0.481 e. The topological polar surface area (TPSA) is 55.1 Å². The molecular weight excluding hydrogens is 228 g/mol. The Bertz CT molecular complexity index is 414. The van der Waals surface area contributed by atoms with E-state index in [1.807, 2.05) is 13.1 Å². The van der Waals surface area contributed by atoms with E-state index in [4.69, 9.17) is 0 Å². The van der Waals surface area contributed by atoms with E-state index in [1.54, 1.807) is 6.20 Å². The van der Waals surface area contributed by atoms with Gasteiger partial charge in [-0.25, -0.2) is 4.98 Å². The lowest BCUT2D eigenvalue weighted by molar-refractivity contribution is -0.145. The van der Waals surface area contributed by atoms with Crippen LogP contribution in [0, 0.1) is 18.8 Å². The summed E-state index contributed by atoms with van der Waals surface area (Å²) in [5.41, 5.74) is 0. The third-order valence-corrected chi connectivity index (χ3v) is 4.16. The lowest BCUT2D eigenvalue weighted by Gasteiger charge is -2.35. The Hall–Kier alpha value is -1.32. The van der Waals surface area contributed by atoms with Crippen molar-refractivity contribution in [3.05, 3.63) is 18.2 Å². The highest BCUT2D eigenvalue weighted by Crippen LogP contribution is 2.39. The number of aromatic nitrogens is 2. The van der Waals surface area contributed by atoms with E-state index in [0.717, 1.165) is 25.1 Å². The number of hydrogen-bond acceptors (Lipinski definition) is 2. The van der Waals surface area contributed by atoms with Crippen molar-refractivity contribution in [1.29, 1.82) is 0 Å². The predicted octanol–water partition coefficient (Wildman–Crippen LogP) is 3.03. The van der Waals surface area contributed by atoms with E-state index in [1.165, 1.54) is 12.8 Å². The van der Waals surface area contributed by atoms with Gasteiger partial charge in [0.05, 0.1) is 5.92 Å². The first-order valence-electron chi connectivity index (χ1n) is 6.85. The molecule has 1 aliphatic rings. The van der Waals surface area contributed by atoms with Crippen LogP contribution in [-0.4, -0.2) is 20.6 Å². The van der Waals surface area contributed by atoms with Gasteiger partial charge in [0, 0.05) is 18.4 Å². The Morgan fingerprint density at radius 1 is 1.56 bits per heavy atom. The second kappa shape index (κ2) is 5.55. The first-order valence-corrected chi connectivity index (χ1v) is 6.85. The van der Waals surface area contributed by atoms with Crippen LogP contribution < -0.4 is 0 Å². The summed E-state index contributed by atoms with van der Waals surface area (Å²) in [6.45, 7) is 4.14. The molecule has 0 spiro atoms. The van der Waals surface area contributed by atoms with E-state index in [-0.39, 0.29) is 12.0 Å². The summed E-state index contributed by atoms with van der Waals surface area (Å²) in [5, 5.41) is 9.38. The molecule has 0 aliphatic heterocycles. The standard InChI is InChI=1S/C14H22N2O2/c1-3-4-11-5-6-12(14(17)18)13(9-11)16-8-7-15-10(16)2/h7-8,11-13H,3-6,9H2,1-2H3,(H,17,18). The van der Waals surface area contributed by atoms with Gasteiger partial charge in [0.2, 0.25) is 0 Å². The van der Waals surface area contributed by atoms with Gasteiger partial charge in [0.1, 0.15) is 5.82 Å². The molecule has 1 saturated carbocycles. The second-order valence-corrected chi connectivity index (χ2v) is 5.36. The summed E-state index contributed by atoms with van der Waals surface area (Å²) in [4.78, 5) is 15.6. The summed E-state index contributed by atoms with van der Waals surface area (Å²) in [7, 11) is 0. The smallest absolute Gasteiger partial charge is 0.308 e. The molecule has 3 atom stereocenters. The second-order valence-electron chi connectivity index (χ2n) is 5.36. The summed E-state index contributed by atoms with van der Waals surface area (Å²) >= 11 is 0. The quantitative estimate of drug-likeness (QED) is 0.893. The SMILES string of the molecule is CCCC1CCC(C(=O)O)C(n2ccnc2C)C1. The molecule has 4 heteroatoms. The van der Waals surface area contributed by atoms with Crippen molar-refractivity contribution in [3.63, 3.8) is 0 Å². The van der Waals surface area contributed by atoms with E-state index in [2.05, 4.69) is 16.5 Å². The molecule has 0 saturated heterocycles. The van der Waals surface area contributed by atoms with Crippen LogP contribution in [0.25, 0.3) is 0 Å². The minimum absolute atomic E-state index is 0.0790. The first-order chi connectivity index (χ1) is 8.63. The predicted molar refractivity (Wildman–Crippen MR) is 69.4 cm³/mol. The molecule has 1 fully saturated rings. The van der Waals surface area contributed by atoms with Gasteiger partial charge in [0.25, 0.3) is 0 Å². The third kappa shape index (κ3) is 2.57. The van der Waals surface area contributed by atoms with Crippen LogP contribution in [0.4, 0.5) is 0 Å². The van der Waals surface area contributed by atoms with Crippen LogP contribution in [0.1, 0.15) is 50.9 Å². The maximum atomic E-state index is 11.4. The number of imidazole rings is 1.